The summed E-state index contributed by atoms with van der Waals surface area (Å²) in [5.41, 5.74) is 1.90. The highest BCUT2D eigenvalue weighted by Gasteiger charge is 2.59. The van der Waals surface area contributed by atoms with E-state index in [1.807, 2.05) is 13.8 Å². The minimum atomic E-state index is -0.552. The molecule has 2 N–H and O–H groups in total. The third-order valence-corrected chi connectivity index (χ3v) is 11.3. The maximum Gasteiger partial charge on any atom is 0.0619 e. The number of aliphatic hydroxyl groups is 2. The highest BCUT2D eigenvalue weighted by Crippen LogP contribution is 2.67. The van der Waals surface area contributed by atoms with Crippen molar-refractivity contribution in [1.82, 2.24) is 0 Å². The van der Waals surface area contributed by atoms with E-state index in [1.165, 1.54) is 44.9 Å². The number of hydrogen-bond acceptors (Lipinski definition) is 2. The molecule has 178 valence electrons. The Labute approximate surface area is 192 Å². The summed E-state index contributed by atoms with van der Waals surface area (Å²) in [4.78, 5) is 0. The molecule has 2 heteroatoms. The molecular formula is C29H50O2. The zero-order valence-electron chi connectivity index (χ0n) is 21.3. The third-order valence-electron chi connectivity index (χ3n) is 11.3. The lowest BCUT2D eigenvalue weighted by Crippen LogP contribution is -2.50. The zero-order valence-corrected chi connectivity index (χ0v) is 21.3. The first kappa shape index (κ1) is 23.8. The fourth-order valence-corrected chi connectivity index (χ4v) is 9.34. The quantitative estimate of drug-likeness (QED) is 0.440. The number of aliphatic hydroxyl groups excluding tert-OH is 1. The van der Waals surface area contributed by atoms with Crippen molar-refractivity contribution in [1.29, 1.82) is 0 Å². The summed E-state index contributed by atoms with van der Waals surface area (Å²) < 4.78 is 0. The van der Waals surface area contributed by atoms with E-state index >= 15 is 0 Å². The van der Waals surface area contributed by atoms with E-state index in [-0.39, 0.29) is 6.10 Å². The predicted octanol–water partition coefficient (Wildman–Crippen LogP) is 7.14. The van der Waals surface area contributed by atoms with E-state index in [0.717, 1.165) is 55.3 Å². The monoisotopic (exact) mass is 430 g/mol. The van der Waals surface area contributed by atoms with Crippen molar-refractivity contribution in [3.8, 4) is 0 Å². The molecule has 0 radical (unpaired) electrons. The van der Waals surface area contributed by atoms with Crippen LogP contribution in [0.15, 0.2) is 11.6 Å². The van der Waals surface area contributed by atoms with Gasteiger partial charge in [-0.05, 0) is 118 Å². The van der Waals surface area contributed by atoms with Gasteiger partial charge in [-0.25, -0.2) is 0 Å². The number of hydrogen-bond donors (Lipinski definition) is 2. The average molecular weight is 431 g/mol. The van der Waals surface area contributed by atoms with Crippen LogP contribution in [0.5, 0.6) is 0 Å². The molecule has 3 fully saturated rings. The van der Waals surface area contributed by atoms with E-state index in [1.54, 1.807) is 5.57 Å². The normalized spacial score (nSPS) is 44.6. The first-order valence-electron chi connectivity index (χ1n) is 13.6. The molecular weight excluding hydrogens is 380 g/mol. The van der Waals surface area contributed by atoms with E-state index in [2.05, 4.69) is 33.8 Å². The molecule has 0 aliphatic heterocycles. The first-order valence-corrected chi connectivity index (χ1v) is 13.6. The maximum atomic E-state index is 10.5. The average Bonchev–Trinajstić information content (AvgIpc) is 3.05. The van der Waals surface area contributed by atoms with Crippen LogP contribution in [0, 0.1) is 46.3 Å². The van der Waals surface area contributed by atoms with E-state index < -0.39 is 5.60 Å². The lowest BCUT2D eigenvalue weighted by molar-refractivity contribution is -0.0584. The Bertz CT molecular complexity index is 675. The summed E-state index contributed by atoms with van der Waals surface area (Å²) in [6, 6.07) is 0. The minimum Gasteiger partial charge on any atom is -0.393 e. The summed E-state index contributed by atoms with van der Waals surface area (Å²) in [5.74, 6) is 4.62. The Balaban J connectivity index is 1.47. The zero-order chi connectivity index (χ0) is 22.6. The van der Waals surface area contributed by atoms with Gasteiger partial charge in [-0.3, -0.25) is 0 Å². The van der Waals surface area contributed by atoms with Crippen LogP contribution in [-0.2, 0) is 0 Å². The van der Waals surface area contributed by atoms with E-state index in [4.69, 9.17) is 0 Å². The maximum absolute atomic E-state index is 10.5. The predicted molar refractivity (Wildman–Crippen MR) is 130 cm³/mol. The lowest BCUT2D eigenvalue weighted by atomic mass is 9.47. The molecule has 0 saturated heterocycles. The van der Waals surface area contributed by atoms with Gasteiger partial charge in [0.2, 0.25) is 0 Å². The third kappa shape index (κ3) is 4.07. The minimum absolute atomic E-state index is 0.0997. The summed E-state index contributed by atoms with van der Waals surface area (Å²) in [7, 11) is 0. The van der Waals surface area contributed by atoms with Crippen LogP contribution >= 0.6 is 0 Å². The second-order valence-corrected chi connectivity index (χ2v) is 13.2. The Morgan fingerprint density at radius 3 is 2.48 bits per heavy atom. The van der Waals surface area contributed by atoms with Gasteiger partial charge in [0.1, 0.15) is 0 Å². The molecule has 9 atom stereocenters. The Morgan fingerprint density at radius 1 is 1.06 bits per heavy atom. The topological polar surface area (TPSA) is 40.5 Å². The molecule has 4 rings (SSSR count). The molecule has 2 unspecified atom stereocenters. The second-order valence-electron chi connectivity index (χ2n) is 13.2. The van der Waals surface area contributed by atoms with E-state index in [0.29, 0.717) is 16.7 Å². The summed E-state index contributed by atoms with van der Waals surface area (Å²) >= 11 is 0. The molecule has 0 aromatic heterocycles. The van der Waals surface area contributed by atoms with Crippen LogP contribution in [0.1, 0.15) is 112 Å². The standard InChI is InChI=1S/C29H50O2/c1-7-20(27(3,4)31)9-8-19(2)24-12-13-25-23-11-10-21-18-22(30)14-16-28(21,5)26(23)15-17-29(24,25)6/h10,19-20,22-26,30-31H,7-9,11-18H2,1-6H3/t19-,20?,22?,23+,24-,25+,26+,28+,29-/m1/s1. The van der Waals surface area contributed by atoms with Gasteiger partial charge in [-0.2, -0.15) is 0 Å². The van der Waals surface area contributed by atoms with Crippen molar-refractivity contribution in [3.05, 3.63) is 11.6 Å². The van der Waals surface area contributed by atoms with Crippen LogP contribution in [0.2, 0.25) is 0 Å². The first-order chi connectivity index (χ1) is 14.5. The van der Waals surface area contributed by atoms with Gasteiger partial charge in [-0.1, -0.05) is 52.2 Å². The Morgan fingerprint density at radius 2 is 1.81 bits per heavy atom. The highest BCUT2D eigenvalue weighted by molar-refractivity contribution is 5.25. The SMILES string of the molecule is CCC(CC[C@@H](C)[C@H]1CC[C@H]2[C@@H]3CC=C4CC(O)CC[C@]4(C)[C@H]3CC[C@]12C)C(C)(C)O. The molecule has 0 spiro atoms. The van der Waals surface area contributed by atoms with Crippen molar-refractivity contribution in [2.75, 3.05) is 0 Å². The summed E-state index contributed by atoms with van der Waals surface area (Å²) in [6.07, 6.45) is 16.0. The Hall–Kier alpha value is -0.340. The number of rotatable bonds is 6. The van der Waals surface area contributed by atoms with Gasteiger partial charge in [0.15, 0.2) is 0 Å². The molecule has 4 aliphatic carbocycles. The smallest absolute Gasteiger partial charge is 0.0619 e. The molecule has 4 aliphatic rings. The van der Waals surface area contributed by atoms with Crippen LogP contribution in [0.3, 0.4) is 0 Å². The molecule has 0 aromatic carbocycles. The van der Waals surface area contributed by atoms with Gasteiger partial charge in [0.05, 0.1) is 11.7 Å². The summed E-state index contributed by atoms with van der Waals surface area (Å²) in [5, 5.41) is 20.8. The number of fused-ring (bicyclic) bond motifs is 5. The van der Waals surface area contributed by atoms with Crippen LogP contribution in [0.25, 0.3) is 0 Å². The van der Waals surface area contributed by atoms with E-state index in [9.17, 15) is 10.2 Å². The van der Waals surface area contributed by atoms with Crippen molar-refractivity contribution < 1.29 is 10.2 Å². The molecule has 0 aromatic rings. The lowest BCUT2D eigenvalue weighted by Gasteiger charge is -2.58. The number of allylic oxidation sites excluding steroid dienone is 1. The fourth-order valence-electron chi connectivity index (χ4n) is 9.34. The van der Waals surface area contributed by atoms with Crippen molar-refractivity contribution in [2.45, 2.75) is 124 Å². The van der Waals surface area contributed by atoms with Crippen LogP contribution < -0.4 is 0 Å². The van der Waals surface area contributed by atoms with Crippen molar-refractivity contribution in [3.63, 3.8) is 0 Å². The van der Waals surface area contributed by atoms with Gasteiger partial charge >= 0.3 is 0 Å². The highest BCUT2D eigenvalue weighted by atomic mass is 16.3. The van der Waals surface area contributed by atoms with Gasteiger partial charge in [0, 0.05) is 0 Å². The Kier molecular flexibility index (Phi) is 6.50. The second kappa shape index (κ2) is 8.46. The van der Waals surface area contributed by atoms with Crippen molar-refractivity contribution >= 4 is 0 Å². The largest absolute Gasteiger partial charge is 0.393 e. The van der Waals surface area contributed by atoms with Crippen LogP contribution in [-0.4, -0.2) is 21.9 Å². The van der Waals surface area contributed by atoms with Gasteiger partial charge in [0.25, 0.3) is 0 Å². The molecule has 3 saturated carbocycles. The summed E-state index contributed by atoms with van der Waals surface area (Å²) in [6.45, 7) is 13.9. The van der Waals surface area contributed by atoms with Gasteiger partial charge < -0.3 is 10.2 Å². The van der Waals surface area contributed by atoms with Crippen molar-refractivity contribution in [2.24, 2.45) is 46.3 Å². The van der Waals surface area contributed by atoms with Crippen LogP contribution in [0.4, 0.5) is 0 Å². The molecule has 0 amide bonds. The molecule has 0 bridgehead atoms. The molecule has 2 nitrogen and oxygen atoms in total. The fraction of sp³-hybridized carbons (Fsp3) is 0.931. The molecule has 0 heterocycles. The van der Waals surface area contributed by atoms with Gasteiger partial charge in [-0.15, -0.1) is 0 Å². The molecule has 31 heavy (non-hydrogen) atoms.